The molecule has 0 bridgehead atoms. The normalized spacial score (nSPS) is 10.7. The molecule has 0 aliphatic carbocycles. The third-order valence-electron chi connectivity index (χ3n) is 3.76. The topological polar surface area (TPSA) is 80.2 Å². The maximum Gasteiger partial charge on any atom is 0.269 e. The standard InChI is InChI=1S/C17H25N5O2S/c1-4-22-12(3)19-14-11-13(7-8-15(14)22)16(23)20-21-17(25)18-9-6-10-24-5-2/h7-8,11H,4-6,9-10H2,1-3H3,(H,20,23)(H2,18,21,25). The van der Waals surface area contributed by atoms with Gasteiger partial charge in [0.25, 0.3) is 5.91 Å². The third kappa shape index (κ3) is 5.14. The Morgan fingerprint density at radius 2 is 2.12 bits per heavy atom. The Morgan fingerprint density at radius 1 is 1.32 bits per heavy atom. The molecule has 0 atom stereocenters. The van der Waals surface area contributed by atoms with Gasteiger partial charge in [0.2, 0.25) is 0 Å². The Morgan fingerprint density at radius 3 is 2.84 bits per heavy atom. The van der Waals surface area contributed by atoms with Crippen molar-refractivity contribution in [3.63, 3.8) is 0 Å². The van der Waals surface area contributed by atoms with Gasteiger partial charge in [-0.25, -0.2) is 4.98 Å². The number of hydrazine groups is 1. The van der Waals surface area contributed by atoms with Crippen molar-refractivity contribution in [1.82, 2.24) is 25.7 Å². The summed E-state index contributed by atoms with van der Waals surface area (Å²) < 4.78 is 7.35. The van der Waals surface area contributed by atoms with E-state index >= 15 is 0 Å². The summed E-state index contributed by atoms with van der Waals surface area (Å²) in [7, 11) is 0. The van der Waals surface area contributed by atoms with Crippen LogP contribution in [-0.4, -0.2) is 40.3 Å². The van der Waals surface area contributed by atoms with Gasteiger partial charge in [0.15, 0.2) is 5.11 Å². The minimum absolute atomic E-state index is 0.260. The summed E-state index contributed by atoms with van der Waals surface area (Å²) in [6.45, 7) is 8.91. The average Bonchev–Trinajstić information content (AvgIpc) is 2.93. The van der Waals surface area contributed by atoms with Crippen LogP contribution in [0.15, 0.2) is 18.2 Å². The average molecular weight is 363 g/mol. The van der Waals surface area contributed by atoms with Crippen LogP contribution in [0, 0.1) is 6.92 Å². The zero-order valence-corrected chi connectivity index (χ0v) is 15.7. The van der Waals surface area contributed by atoms with Crippen LogP contribution in [0.5, 0.6) is 0 Å². The number of imidazole rings is 1. The number of hydrogen-bond donors (Lipinski definition) is 3. The Balaban J connectivity index is 1.86. The highest BCUT2D eigenvalue weighted by atomic mass is 32.1. The summed E-state index contributed by atoms with van der Waals surface area (Å²) in [4.78, 5) is 16.8. The molecule has 0 saturated carbocycles. The molecule has 2 rings (SSSR count). The molecule has 1 aromatic heterocycles. The lowest BCUT2D eigenvalue weighted by Gasteiger charge is -2.11. The summed E-state index contributed by atoms with van der Waals surface area (Å²) in [6, 6.07) is 5.48. The molecule has 0 radical (unpaired) electrons. The molecular weight excluding hydrogens is 338 g/mol. The number of aryl methyl sites for hydroxylation is 2. The second-order valence-corrected chi connectivity index (χ2v) is 5.90. The molecule has 8 heteroatoms. The number of nitrogens with one attached hydrogen (secondary N) is 3. The fourth-order valence-electron chi connectivity index (χ4n) is 2.54. The largest absolute Gasteiger partial charge is 0.382 e. The minimum atomic E-state index is -0.260. The SMILES string of the molecule is CCOCCCNC(=S)NNC(=O)c1ccc2c(c1)nc(C)n2CC. The molecule has 2 aromatic rings. The molecule has 0 aliphatic heterocycles. The van der Waals surface area contributed by atoms with E-state index in [1.807, 2.05) is 19.9 Å². The zero-order valence-electron chi connectivity index (χ0n) is 14.9. The Kier molecular flexibility index (Phi) is 7.15. The van der Waals surface area contributed by atoms with Crippen molar-refractivity contribution in [2.24, 2.45) is 0 Å². The monoisotopic (exact) mass is 363 g/mol. The summed E-state index contributed by atoms with van der Waals surface area (Å²) in [5, 5.41) is 3.38. The van der Waals surface area contributed by atoms with Gasteiger partial charge in [0, 0.05) is 31.9 Å². The number of aromatic nitrogens is 2. The molecule has 3 N–H and O–H groups in total. The van der Waals surface area contributed by atoms with E-state index < -0.39 is 0 Å². The van der Waals surface area contributed by atoms with Gasteiger partial charge >= 0.3 is 0 Å². The fraction of sp³-hybridized carbons (Fsp3) is 0.471. The first kappa shape index (κ1) is 19.1. The van der Waals surface area contributed by atoms with Gasteiger partial charge in [0.05, 0.1) is 11.0 Å². The predicted molar refractivity (Wildman–Crippen MR) is 102 cm³/mol. The lowest BCUT2D eigenvalue weighted by molar-refractivity contribution is 0.0943. The van der Waals surface area contributed by atoms with E-state index in [0.29, 0.717) is 30.4 Å². The highest BCUT2D eigenvalue weighted by Gasteiger charge is 2.11. The van der Waals surface area contributed by atoms with Crippen LogP contribution in [0.25, 0.3) is 11.0 Å². The number of ether oxygens (including phenoxy) is 1. The van der Waals surface area contributed by atoms with E-state index in [0.717, 1.165) is 29.8 Å². The van der Waals surface area contributed by atoms with Crippen LogP contribution in [-0.2, 0) is 11.3 Å². The van der Waals surface area contributed by atoms with Crippen molar-refractivity contribution < 1.29 is 9.53 Å². The van der Waals surface area contributed by atoms with Crippen LogP contribution in [0.2, 0.25) is 0 Å². The Labute approximate surface area is 153 Å². The number of carbonyl (C=O) groups is 1. The van der Waals surface area contributed by atoms with E-state index in [1.54, 1.807) is 12.1 Å². The summed E-state index contributed by atoms with van der Waals surface area (Å²) >= 11 is 5.12. The number of nitrogens with zero attached hydrogens (tertiary/aromatic N) is 2. The van der Waals surface area contributed by atoms with E-state index in [-0.39, 0.29) is 5.91 Å². The van der Waals surface area contributed by atoms with E-state index in [2.05, 4.69) is 32.6 Å². The molecule has 136 valence electrons. The lowest BCUT2D eigenvalue weighted by Crippen LogP contribution is -2.47. The Bertz CT molecular complexity index is 744. The highest BCUT2D eigenvalue weighted by Crippen LogP contribution is 2.17. The van der Waals surface area contributed by atoms with Crippen LogP contribution >= 0.6 is 12.2 Å². The van der Waals surface area contributed by atoms with Crippen molar-refractivity contribution in [2.45, 2.75) is 33.7 Å². The zero-order chi connectivity index (χ0) is 18.2. The number of carbonyl (C=O) groups excluding carboxylic acids is 1. The number of hydrogen-bond acceptors (Lipinski definition) is 4. The van der Waals surface area contributed by atoms with Crippen LogP contribution in [0.1, 0.15) is 36.5 Å². The molecule has 1 heterocycles. The first-order valence-corrected chi connectivity index (χ1v) is 8.86. The van der Waals surface area contributed by atoms with Gasteiger partial charge in [-0.3, -0.25) is 15.6 Å². The van der Waals surface area contributed by atoms with E-state index in [9.17, 15) is 4.79 Å². The van der Waals surface area contributed by atoms with E-state index in [1.165, 1.54) is 0 Å². The van der Waals surface area contributed by atoms with E-state index in [4.69, 9.17) is 17.0 Å². The molecular formula is C17H25N5O2S. The molecule has 0 fully saturated rings. The molecule has 1 aromatic carbocycles. The van der Waals surface area contributed by atoms with Crippen molar-refractivity contribution in [3.05, 3.63) is 29.6 Å². The number of rotatable bonds is 7. The van der Waals surface area contributed by atoms with Crippen molar-refractivity contribution >= 4 is 34.3 Å². The van der Waals surface area contributed by atoms with Crippen molar-refractivity contribution in [3.8, 4) is 0 Å². The van der Waals surface area contributed by atoms with Gasteiger partial charge in [0.1, 0.15) is 5.82 Å². The van der Waals surface area contributed by atoms with Crippen LogP contribution < -0.4 is 16.2 Å². The number of benzene rings is 1. The molecule has 0 aliphatic rings. The minimum Gasteiger partial charge on any atom is -0.382 e. The third-order valence-corrected chi connectivity index (χ3v) is 4.01. The van der Waals surface area contributed by atoms with Gasteiger partial charge in [-0.1, -0.05) is 0 Å². The summed E-state index contributed by atoms with van der Waals surface area (Å²) in [6.07, 6.45) is 0.847. The van der Waals surface area contributed by atoms with Crippen molar-refractivity contribution in [2.75, 3.05) is 19.8 Å². The quantitative estimate of drug-likeness (QED) is 0.396. The summed E-state index contributed by atoms with van der Waals surface area (Å²) in [5.41, 5.74) is 7.66. The first-order valence-electron chi connectivity index (χ1n) is 8.45. The predicted octanol–water partition coefficient (Wildman–Crippen LogP) is 1.90. The first-order chi connectivity index (χ1) is 12.1. The second-order valence-electron chi connectivity index (χ2n) is 5.49. The molecule has 0 spiro atoms. The van der Waals surface area contributed by atoms with Gasteiger partial charge in [-0.05, 0) is 57.6 Å². The smallest absolute Gasteiger partial charge is 0.269 e. The van der Waals surface area contributed by atoms with Crippen LogP contribution in [0.3, 0.4) is 0 Å². The van der Waals surface area contributed by atoms with Crippen molar-refractivity contribution in [1.29, 1.82) is 0 Å². The highest BCUT2D eigenvalue weighted by molar-refractivity contribution is 7.80. The number of thiocarbonyl (C=S) groups is 1. The van der Waals surface area contributed by atoms with Gasteiger partial charge < -0.3 is 14.6 Å². The maximum atomic E-state index is 12.3. The Hall–Kier alpha value is -2.19. The molecule has 1 amide bonds. The molecule has 7 nitrogen and oxygen atoms in total. The number of fused-ring (bicyclic) bond motifs is 1. The van der Waals surface area contributed by atoms with Crippen LogP contribution in [0.4, 0.5) is 0 Å². The van der Waals surface area contributed by atoms with Gasteiger partial charge in [-0.15, -0.1) is 0 Å². The second kappa shape index (κ2) is 9.33. The summed E-state index contributed by atoms with van der Waals surface area (Å²) in [5.74, 6) is 0.676. The lowest BCUT2D eigenvalue weighted by atomic mass is 10.2. The molecule has 0 unspecified atom stereocenters. The molecule has 25 heavy (non-hydrogen) atoms. The number of amides is 1. The fourth-order valence-corrected chi connectivity index (χ4v) is 2.69. The molecule has 0 saturated heterocycles. The van der Waals surface area contributed by atoms with Gasteiger partial charge in [-0.2, -0.15) is 0 Å². The maximum absolute atomic E-state index is 12.3.